The molecule has 2 rings (SSSR count). The van der Waals surface area contributed by atoms with Crippen molar-refractivity contribution in [1.29, 1.82) is 0 Å². The van der Waals surface area contributed by atoms with E-state index in [9.17, 15) is 0 Å². The van der Waals surface area contributed by atoms with Crippen LogP contribution in [0.5, 0.6) is 0 Å². The second-order valence-electron chi connectivity index (χ2n) is 4.64. The number of nitrogens with zero attached hydrogens (tertiary/aromatic N) is 1. The van der Waals surface area contributed by atoms with E-state index in [1.54, 1.807) is 6.26 Å². The first-order chi connectivity index (χ1) is 8.56. The number of hydrogen-bond acceptors (Lipinski definition) is 3. The molecule has 0 saturated heterocycles. The van der Waals surface area contributed by atoms with Gasteiger partial charge in [0, 0.05) is 23.2 Å². The van der Waals surface area contributed by atoms with Crippen LogP contribution in [-0.4, -0.2) is 11.0 Å². The van der Waals surface area contributed by atoms with E-state index >= 15 is 0 Å². The van der Waals surface area contributed by atoms with Crippen molar-refractivity contribution in [3.8, 4) is 11.5 Å². The maximum Gasteiger partial charge on any atom is 0.226 e. The lowest BCUT2D eigenvalue weighted by Crippen LogP contribution is -2.21. The third-order valence-electron chi connectivity index (χ3n) is 2.67. The molecular weight excluding hydrogens is 248 g/mol. The SMILES string of the molecule is Cc1ccc(Cl)cc1-c1nc(CNC(C)C)co1. The van der Waals surface area contributed by atoms with Crippen molar-refractivity contribution in [3.05, 3.63) is 40.7 Å². The standard InChI is InChI=1S/C14H17ClN2O/c1-9(2)16-7-12-8-18-14(17-12)13-6-11(15)5-4-10(13)3/h4-6,8-9,16H,7H2,1-3H3. The highest BCUT2D eigenvalue weighted by atomic mass is 35.5. The van der Waals surface area contributed by atoms with Crippen LogP contribution in [0.25, 0.3) is 11.5 Å². The Morgan fingerprint density at radius 3 is 2.89 bits per heavy atom. The quantitative estimate of drug-likeness (QED) is 0.913. The summed E-state index contributed by atoms with van der Waals surface area (Å²) in [5, 5.41) is 3.99. The summed E-state index contributed by atoms with van der Waals surface area (Å²) in [6, 6.07) is 6.14. The van der Waals surface area contributed by atoms with Crippen LogP contribution in [0.2, 0.25) is 5.02 Å². The van der Waals surface area contributed by atoms with Crippen LogP contribution in [0.1, 0.15) is 25.1 Å². The van der Waals surface area contributed by atoms with Crippen molar-refractivity contribution in [1.82, 2.24) is 10.3 Å². The molecular formula is C14H17ClN2O. The molecule has 4 heteroatoms. The molecule has 0 aliphatic rings. The Balaban J connectivity index is 2.21. The average Bonchev–Trinajstić information content (AvgIpc) is 2.78. The molecule has 1 aromatic heterocycles. The highest BCUT2D eigenvalue weighted by molar-refractivity contribution is 6.30. The van der Waals surface area contributed by atoms with Gasteiger partial charge in [0.15, 0.2) is 0 Å². The summed E-state index contributed by atoms with van der Waals surface area (Å²) in [7, 11) is 0. The molecule has 2 aromatic rings. The number of aryl methyl sites for hydroxylation is 1. The molecule has 0 aliphatic carbocycles. The molecule has 18 heavy (non-hydrogen) atoms. The zero-order valence-electron chi connectivity index (χ0n) is 10.8. The first kappa shape index (κ1) is 13.1. The second kappa shape index (κ2) is 5.55. The molecule has 0 amide bonds. The number of halogens is 1. The van der Waals surface area contributed by atoms with E-state index in [4.69, 9.17) is 16.0 Å². The van der Waals surface area contributed by atoms with Gasteiger partial charge in [0.2, 0.25) is 5.89 Å². The maximum atomic E-state index is 5.99. The van der Waals surface area contributed by atoms with Gasteiger partial charge in [-0.25, -0.2) is 4.98 Å². The van der Waals surface area contributed by atoms with Gasteiger partial charge in [-0.05, 0) is 24.6 Å². The fourth-order valence-corrected chi connectivity index (χ4v) is 1.82. The molecule has 1 heterocycles. The normalized spacial score (nSPS) is 11.2. The van der Waals surface area contributed by atoms with E-state index in [1.165, 1.54) is 0 Å². The first-order valence-corrected chi connectivity index (χ1v) is 6.38. The molecule has 3 nitrogen and oxygen atoms in total. The zero-order chi connectivity index (χ0) is 13.1. The number of benzene rings is 1. The second-order valence-corrected chi connectivity index (χ2v) is 5.08. The highest BCUT2D eigenvalue weighted by Gasteiger charge is 2.10. The van der Waals surface area contributed by atoms with Gasteiger partial charge < -0.3 is 9.73 Å². The van der Waals surface area contributed by atoms with Crippen molar-refractivity contribution in [2.75, 3.05) is 0 Å². The lowest BCUT2D eigenvalue weighted by atomic mass is 10.1. The Bertz CT molecular complexity index is 534. The Morgan fingerprint density at radius 2 is 2.17 bits per heavy atom. The number of hydrogen-bond donors (Lipinski definition) is 1. The van der Waals surface area contributed by atoms with Crippen molar-refractivity contribution >= 4 is 11.6 Å². The molecule has 1 aromatic carbocycles. The average molecular weight is 265 g/mol. The van der Waals surface area contributed by atoms with Crippen molar-refractivity contribution in [2.24, 2.45) is 0 Å². The zero-order valence-corrected chi connectivity index (χ0v) is 11.6. The van der Waals surface area contributed by atoms with E-state index in [0.29, 0.717) is 23.5 Å². The summed E-state index contributed by atoms with van der Waals surface area (Å²) in [4.78, 5) is 4.47. The number of oxazole rings is 1. The Labute approximate surface area is 112 Å². The Morgan fingerprint density at radius 1 is 1.39 bits per heavy atom. The molecule has 0 radical (unpaired) electrons. The van der Waals surface area contributed by atoms with Crippen LogP contribution in [0.3, 0.4) is 0 Å². The third-order valence-corrected chi connectivity index (χ3v) is 2.91. The highest BCUT2D eigenvalue weighted by Crippen LogP contribution is 2.25. The summed E-state index contributed by atoms with van der Waals surface area (Å²) in [5.41, 5.74) is 2.95. The minimum atomic E-state index is 0.429. The Hall–Kier alpha value is -1.32. The summed E-state index contributed by atoms with van der Waals surface area (Å²) >= 11 is 5.99. The van der Waals surface area contributed by atoms with Gasteiger partial charge in [0.25, 0.3) is 0 Å². The third kappa shape index (κ3) is 3.12. The molecule has 0 spiro atoms. The minimum Gasteiger partial charge on any atom is -0.444 e. The van der Waals surface area contributed by atoms with E-state index in [2.05, 4.69) is 24.1 Å². The van der Waals surface area contributed by atoms with Gasteiger partial charge in [0.1, 0.15) is 6.26 Å². The lowest BCUT2D eigenvalue weighted by Gasteiger charge is -2.04. The predicted octanol–water partition coefficient (Wildman–Crippen LogP) is 3.80. The van der Waals surface area contributed by atoms with E-state index in [1.807, 2.05) is 25.1 Å². The van der Waals surface area contributed by atoms with E-state index in [-0.39, 0.29) is 0 Å². The number of nitrogens with one attached hydrogen (secondary N) is 1. The lowest BCUT2D eigenvalue weighted by molar-refractivity contribution is 0.560. The number of aromatic nitrogens is 1. The topological polar surface area (TPSA) is 38.1 Å². The van der Waals surface area contributed by atoms with Crippen molar-refractivity contribution in [3.63, 3.8) is 0 Å². The van der Waals surface area contributed by atoms with Gasteiger partial charge in [0.05, 0.1) is 5.69 Å². The predicted molar refractivity (Wildman–Crippen MR) is 73.7 cm³/mol. The molecule has 0 unspecified atom stereocenters. The Kier molecular flexibility index (Phi) is 4.04. The van der Waals surface area contributed by atoms with Gasteiger partial charge in [-0.15, -0.1) is 0 Å². The van der Waals surface area contributed by atoms with Gasteiger partial charge in [-0.3, -0.25) is 0 Å². The van der Waals surface area contributed by atoms with Crippen LogP contribution in [0, 0.1) is 6.92 Å². The van der Waals surface area contributed by atoms with E-state index < -0.39 is 0 Å². The summed E-state index contributed by atoms with van der Waals surface area (Å²) in [6.45, 7) is 6.92. The smallest absolute Gasteiger partial charge is 0.226 e. The molecule has 96 valence electrons. The van der Waals surface area contributed by atoms with Crippen LogP contribution < -0.4 is 5.32 Å². The number of rotatable bonds is 4. The van der Waals surface area contributed by atoms with Crippen LogP contribution >= 0.6 is 11.6 Å². The van der Waals surface area contributed by atoms with Gasteiger partial charge in [-0.2, -0.15) is 0 Å². The summed E-state index contributed by atoms with van der Waals surface area (Å²) < 4.78 is 5.51. The molecule has 0 saturated carbocycles. The molecule has 0 atom stereocenters. The van der Waals surface area contributed by atoms with Crippen LogP contribution in [0.15, 0.2) is 28.9 Å². The van der Waals surface area contributed by atoms with Crippen molar-refractivity contribution < 1.29 is 4.42 Å². The van der Waals surface area contributed by atoms with Crippen LogP contribution in [0.4, 0.5) is 0 Å². The summed E-state index contributed by atoms with van der Waals surface area (Å²) in [6.07, 6.45) is 1.69. The minimum absolute atomic E-state index is 0.429. The molecule has 1 N–H and O–H groups in total. The first-order valence-electron chi connectivity index (χ1n) is 6.00. The molecule has 0 fully saturated rings. The van der Waals surface area contributed by atoms with Crippen molar-refractivity contribution in [2.45, 2.75) is 33.4 Å². The summed E-state index contributed by atoms with van der Waals surface area (Å²) in [5.74, 6) is 0.621. The largest absolute Gasteiger partial charge is 0.444 e. The molecule has 0 bridgehead atoms. The molecule has 0 aliphatic heterocycles. The fraction of sp³-hybridized carbons (Fsp3) is 0.357. The van der Waals surface area contributed by atoms with Gasteiger partial charge >= 0.3 is 0 Å². The monoisotopic (exact) mass is 264 g/mol. The fourth-order valence-electron chi connectivity index (χ4n) is 1.65. The van der Waals surface area contributed by atoms with Gasteiger partial charge in [-0.1, -0.05) is 31.5 Å². The maximum absolute atomic E-state index is 5.99. The van der Waals surface area contributed by atoms with Crippen LogP contribution in [-0.2, 0) is 6.54 Å². The van der Waals surface area contributed by atoms with E-state index in [0.717, 1.165) is 16.8 Å².